The number of carbonyl (C=O) groups excluding carboxylic acids is 1. The van der Waals surface area contributed by atoms with Gasteiger partial charge in [-0.05, 0) is 68.5 Å². The van der Waals surface area contributed by atoms with Crippen molar-refractivity contribution in [3.05, 3.63) is 59.2 Å². The van der Waals surface area contributed by atoms with Crippen molar-refractivity contribution in [1.82, 2.24) is 5.43 Å². The Morgan fingerprint density at radius 1 is 1.14 bits per heavy atom. The molecule has 5 nitrogen and oxygen atoms in total. The summed E-state index contributed by atoms with van der Waals surface area (Å²) in [6, 6.07) is 14.3. The Morgan fingerprint density at radius 2 is 1.86 bits per heavy atom. The van der Waals surface area contributed by atoms with Crippen LogP contribution in [0.2, 0.25) is 0 Å². The fraction of sp³-hybridized carbons (Fsp3) is 0.391. The predicted molar refractivity (Wildman–Crippen MR) is 116 cm³/mol. The van der Waals surface area contributed by atoms with Gasteiger partial charge < -0.3 is 9.64 Å². The molecule has 0 aliphatic rings. The topological polar surface area (TPSA) is 53.9 Å². The normalized spacial score (nSPS) is 10.9. The third-order valence-electron chi connectivity index (χ3n) is 4.75. The quantitative estimate of drug-likeness (QED) is 0.492. The molecule has 0 saturated carbocycles. The van der Waals surface area contributed by atoms with Crippen LogP contribution < -0.4 is 15.1 Å². The van der Waals surface area contributed by atoms with E-state index < -0.39 is 0 Å². The first-order chi connectivity index (χ1) is 13.6. The van der Waals surface area contributed by atoms with Gasteiger partial charge in [0.25, 0.3) is 0 Å². The third-order valence-corrected chi connectivity index (χ3v) is 4.75. The number of hydrogen-bond donors (Lipinski definition) is 1. The predicted octanol–water partition coefficient (Wildman–Crippen LogP) is 4.32. The molecule has 0 bridgehead atoms. The standard InChI is InChI=1S/C23H31N3O2/c1-5-26(6-2)21-13-10-20(11-14-21)17-24-25-23(27)9-7-8-19-12-15-22(28-4)18(3)16-19/h10-17H,5-9H2,1-4H3,(H,25,27). The van der Waals surface area contributed by atoms with E-state index in [1.54, 1.807) is 13.3 Å². The molecule has 1 N–H and O–H groups in total. The van der Waals surface area contributed by atoms with E-state index in [2.05, 4.69) is 47.5 Å². The van der Waals surface area contributed by atoms with E-state index in [9.17, 15) is 4.79 Å². The molecule has 28 heavy (non-hydrogen) atoms. The number of amides is 1. The van der Waals surface area contributed by atoms with E-state index >= 15 is 0 Å². The van der Waals surface area contributed by atoms with Crippen molar-refractivity contribution >= 4 is 17.8 Å². The first-order valence-electron chi connectivity index (χ1n) is 9.87. The Labute approximate surface area is 168 Å². The van der Waals surface area contributed by atoms with Crippen molar-refractivity contribution in [2.75, 3.05) is 25.1 Å². The van der Waals surface area contributed by atoms with Gasteiger partial charge in [-0.3, -0.25) is 4.79 Å². The van der Waals surface area contributed by atoms with Crippen LogP contribution in [0.3, 0.4) is 0 Å². The molecule has 0 atom stereocenters. The van der Waals surface area contributed by atoms with Crippen LogP contribution in [0.25, 0.3) is 0 Å². The summed E-state index contributed by atoms with van der Waals surface area (Å²) in [5, 5.41) is 4.06. The first-order valence-corrected chi connectivity index (χ1v) is 9.87. The maximum atomic E-state index is 12.0. The van der Waals surface area contributed by atoms with Crippen LogP contribution in [0.4, 0.5) is 5.69 Å². The maximum Gasteiger partial charge on any atom is 0.240 e. The number of hydrogen-bond acceptors (Lipinski definition) is 4. The highest BCUT2D eigenvalue weighted by molar-refractivity contribution is 5.82. The highest BCUT2D eigenvalue weighted by atomic mass is 16.5. The molecule has 2 aromatic carbocycles. The zero-order chi connectivity index (χ0) is 20.4. The largest absolute Gasteiger partial charge is 0.496 e. The van der Waals surface area contributed by atoms with Crippen molar-refractivity contribution in [3.8, 4) is 5.75 Å². The number of benzene rings is 2. The number of nitrogens with zero attached hydrogens (tertiary/aromatic N) is 2. The number of ether oxygens (including phenoxy) is 1. The lowest BCUT2D eigenvalue weighted by atomic mass is 10.1. The highest BCUT2D eigenvalue weighted by Gasteiger charge is 2.03. The minimum atomic E-state index is -0.0683. The summed E-state index contributed by atoms with van der Waals surface area (Å²) in [6.07, 6.45) is 3.76. The molecule has 150 valence electrons. The molecule has 5 heteroatoms. The highest BCUT2D eigenvalue weighted by Crippen LogP contribution is 2.19. The van der Waals surface area contributed by atoms with Gasteiger partial charge in [0.15, 0.2) is 0 Å². The van der Waals surface area contributed by atoms with Gasteiger partial charge in [0.2, 0.25) is 5.91 Å². The molecule has 0 aliphatic carbocycles. The second-order valence-corrected chi connectivity index (χ2v) is 6.71. The van der Waals surface area contributed by atoms with Gasteiger partial charge in [0, 0.05) is 25.2 Å². The summed E-state index contributed by atoms with van der Waals surface area (Å²) >= 11 is 0. The van der Waals surface area contributed by atoms with Gasteiger partial charge in [-0.15, -0.1) is 0 Å². The van der Waals surface area contributed by atoms with E-state index in [1.165, 1.54) is 11.3 Å². The lowest BCUT2D eigenvalue weighted by Gasteiger charge is -2.20. The Hall–Kier alpha value is -2.82. The van der Waals surface area contributed by atoms with Crippen LogP contribution in [-0.4, -0.2) is 32.3 Å². The second-order valence-electron chi connectivity index (χ2n) is 6.71. The lowest BCUT2D eigenvalue weighted by molar-refractivity contribution is -0.121. The van der Waals surface area contributed by atoms with Crippen LogP contribution >= 0.6 is 0 Å². The Kier molecular flexibility index (Phi) is 8.53. The minimum absolute atomic E-state index is 0.0683. The summed E-state index contributed by atoms with van der Waals surface area (Å²) in [5.74, 6) is 0.821. The summed E-state index contributed by atoms with van der Waals surface area (Å²) in [7, 11) is 1.67. The van der Waals surface area contributed by atoms with Gasteiger partial charge in [0.1, 0.15) is 5.75 Å². The van der Waals surface area contributed by atoms with E-state index in [4.69, 9.17) is 4.74 Å². The van der Waals surface area contributed by atoms with Crippen LogP contribution in [0.5, 0.6) is 5.75 Å². The minimum Gasteiger partial charge on any atom is -0.496 e. The lowest BCUT2D eigenvalue weighted by Crippen LogP contribution is -2.21. The number of hydrazone groups is 1. The van der Waals surface area contributed by atoms with Gasteiger partial charge in [-0.25, -0.2) is 5.43 Å². The first kappa shape index (κ1) is 21.5. The van der Waals surface area contributed by atoms with Crippen LogP contribution in [0, 0.1) is 6.92 Å². The number of carbonyl (C=O) groups is 1. The van der Waals surface area contributed by atoms with Crippen molar-refractivity contribution in [3.63, 3.8) is 0 Å². The average Bonchev–Trinajstić information content (AvgIpc) is 2.70. The number of nitrogens with one attached hydrogen (secondary N) is 1. The third kappa shape index (κ3) is 6.41. The van der Waals surface area contributed by atoms with Crippen LogP contribution in [0.15, 0.2) is 47.6 Å². The monoisotopic (exact) mass is 381 g/mol. The van der Waals surface area contributed by atoms with Gasteiger partial charge >= 0.3 is 0 Å². The van der Waals surface area contributed by atoms with Crippen molar-refractivity contribution in [1.29, 1.82) is 0 Å². The maximum absolute atomic E-state index is 12.0. The van der Waals surface area contributed by atoms with E-state index in [0.717, 1.165) is 42.8 Å². The zero-order valence-electron chi connectivity index (χ0n) is 17.4. The molecule has 0 spiro atoms. The fourth-order valence-corrected chi connectivity index (χ4v) is 3.14. The van der Waals surface area contributed by atoms with Crippen LogP contribution in [0.1, 0.15) is 43.4 Å². The summed E-state index contributed by atoms with van der Waals surface area (Å²) in [4.78, 5) is 14.2. The Bertz CT molecular complexity index is 781. The smallest absolute Gasteiger partial charge is 0.240 e. The molecule has 0 radical (unpaired) electrons. The molecule has 1 amide bonds. The molecule has 2 aromatic rings. The molecule has 0 aliphatic heterocycles. The molecule has 0 heterocycles. The van der Waals surface area contributed by atoms with E-state index in [0.29, 0.717) is 6.42 Å². The Morgan fingerprint density at radius 3 is 2.46 bits per heavy atom. The molecular weight excluding hydrogens is 350 g/mol. The van der Waals surface area contributed by atoms with Gasteiger partial charge in [0.05, 0.1) is 13.3 Å². The molecule has 2 rings (SSSR count). The Balaban J connectivity index is 1.75. The second kappa shape index (κ2) is 11.1. The fourth-order valence-electron chi connectivity index (χ4n) is 3.14. The zero-order valence-corrected chi connectivity index (χ0v) is 17.4. The van der Waals surface area contributed by atoms with Crippen molar-refractivity contribution < 1.29 is 9.53 Å². The van der Waals surface area contributed by atoms with Crippen LogP contribution in [-0.2, 0) is 11.2 Å². The van der Waals surface area contributed by atoms with Crippen molar-refractivity contribution in [2.45, 2.75) is 40.0 Å². The number of aryl methyl sites for hydroxylation is 2. The van der Waals surface area contributed by atoms with Crippen molar-refractivity contribution in [2.24, 2.45) is 5.10 Å². The molecule has 0 aromatic heterocycles. The molecule has 0 unspecified atom stereocenters. The number of anilines is 1. The average molecular weight is 382 g/mol. The molecular formula is C23H31N3O2. The van der Waals surface area contributed by atoms with E-state index in [-0.39, 0.29) is 5.91 Å². The molecule has 0 fully saturated rings. The summed E-state index contributed by atoms with van der Waals surface area (Å²) in [6.45, 7) is 8.28. The molecule has 0 saturated heterocycles. The van der Waals surface area contributed by atoms with Gasteiger partial charge in [-0.2, -0.15) is 5.10 Å². The number of rotatable bonds is 10. The number of methoxy groups -OCH3 is 1. The van der Waals surface area contributed by atoms with E-state index in [1.807, 2.05) is 31.2 Å². The van der Waals surface area contributed by atoms with Gasteiger partial charge in [-0.1, -0.05) is 24.3 Å². The summed E-state index contributed by atoms with van der Waals surface area (Å²) < 4.78 is 5.27. The summed E-state index contributed by atoms with van der Waals surface area (Å²) in [5.41, 5.74) is 7.09. The SMILES string of the molecule is CCN(CC)c1ccc(C=NNC(=O)CCCc2ccc(OC)c(C)c2)cc1.